The lowest BCUT2D eigenvalue weighted by atomic mass is 10.0. The summed E-state index contributed by atoms with van der Waals surface area (Å²) in [7, 11) is 1.69. The lowest BCUT2D eigenvalue weighted by Crippen LogP contribution is -2.37. The van der Waals surface area contributed by atoms with Crippen LogP contribution in [-0.2, 0) is 28.2 Å². The van der Waals surface area contributed by atoms with Crippen LogP contribution in [0.1, 0.15) is 23.1 Å². The first-order valence-corrected chi connectivity index (χ1v) is 11.8. The van der Waals surface area contributed by atoms with E-state index in [-0.39, 0.29) is 6.10 Å². The van der Waals surface area contributed by atoms with Crippen LogP contribution in [0.3, 0.4) is 0 Å². The lowest BCUT2D eigenvalue weighted by Gasteiger charge is -2.28. The zero-order valence-corrected chi connectivity index (χ0v) is 19.0. The Hall–Kier alpha value is -2.28. The predicted octanol–water partition coefficient (Wildman–Crippen LogP) is 4.88. The summed E-state index contributed by atoms with van der Waals surface area (Å²) in [4.78, 5) is 4.18. The summed E-state index contributed by atoms with van der Waals surface area (Å²) in [5, 5.41) is 0. The Labute approximate surface area is 188 Å². The quantitative estimate of drug-likeness (QED) is 0.452. The largest absolute Gasteiger partial charge is 0.497 e. The van der Waals surface area contributed by atoms with E-state index in [1.54, 1.807) is 13.3 Å². The van der Waals surface area contributed by atoms with E-state index < -0.39 is 5.79 Å². The molecule has 0 saturated carbocycles. The fourth-order valence-corrected chi connectivity index (χ4v) is 4.94. The van der Waals surface area contributed by atoms with E-state index in [1.807, 2.05) is 41.0 Å². The van der Waals surface area contributed by atoms with Crippen LogP contribution in [0.4, 0.5) is 0 Å². The van der Waals surface area contributed by atoms with Gasteiger partial charge in [-0.05, 0) is 42.2 Å². The number of hydrogen-bond donors (Lipinski definition) is 0. The normalized spacial score (nSPS) is 20.8. The molecule has 0 spiro atoms. The molecule has 0 aliphatic carbocycles. The van der Waals surface area contributed by atoms with E-state index in [4.69, 9.17) is 14.2 Å². The van der Waals surface area contributed by atoms with Gasteiger partial charge in [-0.2, -0.15) is 11.8 Å². The van der Waals surface area contributed by atoms with Crippen molar-refractivity contribution >= 4 is 11.8 Å². The Morgan fingerprint density at radius 2 is 2.03 bits per heavy atom. The molecule has 1 fully saturated rings. The van der Waals surface area contributed by atoms with Gasteiger partial charge in [0.25, 0.3) is 0 Å². The molecule has 1 saturated heterocycles. The summed E-state index contributed by atoms with van der Waals surface area (Å²) in [6, 6.07) is 16.8. The molecule has 31 heavy (non-hydrogen) atoms. The molecule has 0 bridgehead atoms. The van der Waals surface area contributed by atoms with Gasteiger partial charge in [0.15, 0.2) is 5.79 Å². The number of thioether (sulfide) groups is 1. The number of rotatable bonds is 10. The van der Waals surface area contributed by atoms with Crippen molar-refractivity contribution in [2.75, 3.05) is 19.5 Å². The van der Waals surface area contributed by atoms with Gasteiger partial charge in [0.05, 0.1) is 32.7 Å². The van der Waals surface area contributed by atoms with E-state index in [0.717, 1.165) is 30.1 Å². The van der Waals surface area contributed by atoms with Crippen molar-refractivity contribution in [3.8, 4) is 5.75 Å². The zero-order valence-electron chi connectivity index (χ0n) is 18.2. The predicted molar refractivity (Wildman–Crippen MR) is 124 cm³/mol. The minimum absolute atomic E-state index is 0.0911. The number of imidazole rings is 1. The van der Waals surface area contributed by atoms with E-state index in [1.165, 1.54) is 16.7 Å². The van der Waals surface area contributed by atoms with E-state index in [9.17, 15) is 0 Å². The first-order chi connectivity index (χ1) is 15.2. The average Bonchev–Trinajstić information content (AvgIpc) is 3.45. The maximum absolute atomic E-state index is 6.54. The van der Waals surface area contributed by atoms with Crippen molar-refractivity contribution in [2.45, 2.75) is 44.0 Å². The molecule has 5 nitrogen and oxygen atoms in total. The summed E-state index contributed by atoms with van der Waals surface area (Å²) in [5.74, 6) is 2.15. The SMILES string of the molecule is COc1ccc(CCC2(Cn3ccnc3)OCC(CSCc3ccccc3C)O2)cc1. The molecule has 2 aromatic carbocycles. The number of aromatic nitrogens is 2. The van der Waals surface area contributed by atoms with E-state index >= 15 is 0 Å². The summed E-state index contributed by atoms with van der Waals surface area (Å²) in [6.45, 7) is 3.43. The van der Waals surface area contributed by atoms with Crippen LogP contribution in [0.2, 0.25) is 0 Å². The molecule has 0 N–H and O–H groups in total. The van der Waals surface area contributed by atoms with Crippen molar-refractivity contribution in [3.63, 3.8) is 0 Å². The van der Waals surface area contributed by atoms with E-state index in [0.29, 0.717) is 13.2 Å². The Bertz CT molecular complexity index is 946. The highest BCUT2D eigenvalue weighted by Gasteiger charge is 2.41. The van der Waals surface area contributed by atoms with Gasteiger partial charge < -0.3 is 18.8 Å². The van der Waals surface area contributed by atoms with Gasteiger partial charge in [0.1, 0.15) is 5.75 Å². The topological polar surface area (TPSA) is 45.5 Å². The summed E-state index contributed by atoms with van der Waals surface area (Å²) >= 11 is 1.91. The van der Waals surface area contributed by atoms with Crippen LogP contribution in [0, 0.1) is 6.92 Å². The maximum Gasteiger partial charge on any atom is 0.187 e. The Morgan fingerprint density at radius 3 is 2.77 bits per heavy atom. The highest BCUT2D eigenvalue weighted by molar-refractivity contribution is 7.98. The van der Waals surface area contributed by atoms with Crippen LogP contribution in [0.15, 0.2) is 67.3 Å². The van der Waals surface area contributed by atoms with Crippen molar-refractivity contribution in [3.05, 3.63) is 83.9 Å². The number of benzene rings is 2. The number of ether oxygens (including phenoxy) is 3. The second-order valence-electron chi connectivity index (χ2n) is 7.99. The summed E-state index contributed by atoms with van der Waals surface area (Å²) in [6.07, 6.45) is 7.33. The Kier molecular flexibility index (Phi) is 7.33. The third-order valence-electron chi connectivity index (χ3n) is 5.67. The fraction of sp³-hybridized carbons (Fsp3) is 0.400. The van der Waals surface area contributed by atoms with E-state index in [2.05, 4.69) is 48.3 Å². The summed E-state index contributed by atoms with van der Waals surface area (Å²) < 4.78 is 20.2. The van der Waals surface area contributed by atoms with Crippen molar-refractivity contribution in [1.29, 1.82) is 0 Å². The number of aryl methyl sites for hydroxylation is 2. The van der Waals surface area contributed by atoms with Crippen LogP contribution in [0.5, 0.6) is 5.75 Å². The van der Waals surface area contributed by atoms with Gasteiger partial charge in [-0.25, -0.2) is 4.98 Å². The molecular weight excluding hydrogens is 408 g/mol. The molecule has 1 aliphatic rings. The monoisotopic (exact) mass is 438 g/mol. The van der Waals surface area contributed by atoms with Gasteiger partial charge in [0.2, 0.25) is 0 Å². The molecule has 2 atom stereocenters. The number of hydrogen-bond acceptors (Lipinski definition) is 5. The molecule has 1 aliphatic heterocycles. The van der Waals surface area contributed by atoms with Gasteiger partial charge in [-0.15, -0.1) is 0 Å². The Balaban J connectivity index is 1.36. The molecule has 164 valence electrons. The molecular formula is C25H30N2O3S. The van der Waals surface area contributed by atoms with Crippen molar-refractivity contribution in [2.24, 2.45) is 0 Å². The zero-order chi connectivity index (χ0) is 21.5. The standard InChI is InChI=1S/C25H30N2O3S/c1-20-5-3-4-6-22(20)16-31-17-24-15-29-25(30-24,18-27-14-13-26-19-27)12-11-21-7-9-23(28-2)10-8-21/h3-10,13-14,19,24H,11-12,15-18H2,1-2H3. The van der Waals surface area contributed by atoms with Gasteiger partial charge in [-0.3, -0.25) is 0 Å². The van der Waals surface area contributed by atoms with Gasteiger partial charge in [0, 0.05) is 30.3 Å². The average molecular weight is 439 g/mol. The molecule has 2 unspecified atom stereocenters. The highest BCUT2D eigenvalue weighted by atomic mass is 32.2. The minimum atomic E-state index is -0.630. The van der Waals surface area contributed by atoms with Crippen molar-refractivity contribution < 1.29 is 14.2 Å². The molecule has 0 radical (unpaired) electrons. The molecule has 4 rings (SSSR count). The van der Waals surface area contributed by atoms with Crippen LogP contribution in [-0.4, -0.2) is 40.9 Å². The highest BCUT2D eigenvalue weighted by Crippen LogP contribution is 2.33. The molecule has 6 heteroatoms. The third-order valence-corrected chi connectivity index (χ3v) is 6.80. The number of nitrogens with zero attached hydrogens (tertiary/aromatic N) is 2. The molecule has 3 aromatic rings. The first kappa shape index (κ1) is 21.9. The van der Waals surface area contributed by atoms with Gasteiger partial charge in [-0.1, -0.05) is 36.4 Å². The van der Waals surface area contributed by atoms with Crippen molar-refractivity contribution in [1.82, 2.24) is 9.55 Å². The van der Waals surface area contributed by atoms with Crippen LogP contribution in [0.25, 0.3) is 0 Å². The molecule has 0 amide bonds. The molecule has 1 aromatic heterocycles. The smallest absolute Gasteiger partial charge is 0.187 e. The lowest BCUT2D eigenvalue weighted by molar-refractivity contribution is -0.180. The second-order valence-corrected chi connectivity index (χ2v) is 9.02. The first-order valence-electron chi connectivity index (χ1n) is 10.7. The number of methoxy groups -OCH3 is 1. The molecule has 2 heterocycles. The maximum atomic E-state index is 6.54. The third kappa shape index (κ3) is 5.91. The second kappa shape index (κ2) is 10.4. The summed E-state index contributed by atoms with van der Waals surface area (Å²) in [5.41, 5.74) is 3.97. The van der Waals surface area contributed by atoms with Crippen LogP contribution < -0.4 is 4.74 Å². The van der Waals surface area contributed by atoms with Crippen LogP contribution >= 0.6 is 11.8 Å². The Morgan fingerprint density at radius 1 is 1.19 bits per heavy atom. The van der Waals surface area contributed by atoms with Gasteiger partial charge >= 0.3 is 0 Å². The fourth-order valence-electron chi connectivity index (χ4n) is 3.85. The minimum Gasteiger partial charge on any atom is -0.497 e.